The van der Waals surface area contributed by atoms with Crippen LogP contribution in [0.15, 0.2) is 53.0 Å². The van der Waals surface area contributed by atoms with Crippen LogP contribution >= 0.6 is 15.9 Å². The van der Waals surface area contributed by atoms with Gasteiger partial charge in [-0.15, -0.1) is 0 Å². The number of rotatable bonds is 4. The highest BCUT2D eigenvalue weighted by Crippen LogP contribution is 2.26. The summed E-state index contributed by atoms with van der Waals surface area (Å²) in [4.78, 5) is 27.3. The molecule has 136 valence electrons. The van der Waals surface area contributed by atoms with Crippen molar-refractivity contribution in [1.82, 2.24) is 4.90 Å². The Morgan fingerprint density at radius 3 is 2.38 bits per heavy atom. The van der Waals surface area contributed by atoms with Gasteiger partial charge in [-0.05, 0) is 23.8 Å². The molecular formula is C19H19BrN2O4. The number of carbonyl (C=O) groups is 2. The summed E-state index contributed by atoms with van der Waals surface area (Å²) in [6.45, 7) is 2.32. The van der Waals surface area contributed by atoms with Crippen LogP contribution < -0.4 is 4.90 Å². The minimum absolute atomic E-state index is 0.245. The molecule has 1 fully saturated rings. The summed E-state index contributed by atoms with van der Waals surface area (Å²) in [5.41, 5.74) is 1.86. The Kier molecular flexibility index (Phi) is 5.78. The summed E-state index contributed by atoms with van der Waals surface area (Å²) in [5.74, 6) is -0.961. The third-order valence-corrected chi connectivity index (χ3v) is 4.77. The summed E-state index contributed by atoms with van der Waals surface area (Å²) in [7, 11) is 0. The quantitative estimate of drug-likeness (QED) is 0.820. The molecule has 2 aromatic carbocycles. The van der Waals surface area contributed by atoms with Crippen LogP contribution in [0.4, 0.5) is 10.5 Å². The van der Waals surface area contributed by atoms with Crippen molar-refractivity contribution in [2.24, 2.45) is 0 Å². The van der Waals surface area contributed by atoms with Crippen LogP contribution in [-0.2, 0) is 11.3 Å². The van der Waals surface area contributed by atoms with E-state index in [1.165, 1.54) is 0 Å². The standard InChI is InChI=1S/C19H19BrN2O4/c20-15-6-7-16(18(23)24)17(12-15)21-8-10-22(11-9-21)19(25)26-13-14-4-2-1-3-5-14/h1-7,12H,8-11,13H2,(H,23,24). The second-order valence-electron chi connectivity index (χ2n) is 5.98. The van der Waals surface area contributed by atoms with Crippen LogP contribution in [0.3, 0.4) is 0 Å². The fourth-order valence-electron chi connectivity index (χ4n) is 2.89. The van der Waals surface area contributed by atoms with E-state index in [2.05, 4.69) is 15.9 Å². The van der Waals surface area contributed by atoms with Gasteiger partial charge in [0.25, 0.3) is 0 Å². The van der Waals surface area contributed by atoms with Gasteiger partial charge in [0.15, 0.2) is 0 Å². The number of amides is 1. The van der Waals surface area contributed by atoms with Crippen molar-refractivity contribution in [2.75, 3.05) is 31.1 Å². The van der Waals surface area contributed by atoms with E-state index in [0.717, 1.165) is 10.0 Å². The Balaban J connectivity index is 1.58. The average Bonchev–Trinajstić information content (AvgIpc) is 2.66. The van der Waals surface area contributed by atoms with Crippen molar-refractivity contribution in [3.05, 3.63) is 64.1 Å². The second kappa shape index (κ2) is 8.23. The van der Waals surface area contributed by atoms with Crippen molar-refractivity contribution in [3.8, 4) is 0 Å². The number of benzene rings is 2. The maximum absolute atomic E-state index is 12.2. The lowest BCUT2D eigenvalue weighted by molar-refractivity contribution is 0.0696. The van der Waals surface area contributed by atoms with Gasteiger partial charge in [0.2, 0.25) is 0 Å². The van der Waals surface area contributed by atoms with Crippen molar-refractivity contribution in [3.63, 3.8) is 0 Å². The van der Waals surface area contributed by atoms with Crippen molar-refractivity contribution in [1.29, 1.82) is 0 Å². The topological polar surface area (TPSA) is 70.1 Å². The maximum Gasteiger partial charge on any atom is 0.410 e. The molecule has 6 nitrogen and oxygen atoms in total. The number of carboxylic acids is 1. The molecule has 7 heteroatoms. The van der Waals surface area contributed by atoms with E-state index in [0.29, 0.717) is 31.9 Å². The number of hydrogen-bond donors (Lipinski definition) is 1. The monoisotopic (exact) mass is 418 g/mol. The van der Waals surface area contributed by atoms with E-state index < -0.39 is 5.97 Å². The summed E-state index contributed by atoms with van der Waals surface area (Å²) < 4.78 is 6.18. The van der Waals surface area contributed by atoms with Crippen LogP contribution in [0, 0.1) is 0 Å². The Morgan fingerprint density at radius 1 is 1.04 bits per heavy atom. The van der Waals surface area contributed by atoms with Gasteiger partial charge in [-0.1, -0.05) is 46.3 Å². The SMILES string of the molecule is O=C(O)c1ccc(Br)cc1N1CCN(C(=O)OCc2ccccc2)CC1. The molecule has 3 rings (SSSR count). The number of halogens is 1. The number of ether oxygens (including phenoxy) is 1. The van der Waals surface area contributed by atoms with Crippen molar-refractivity contribution < 1.29 is 19.4 Å². The normalized spacial score (nSPS) is 14.2. The van der Waals surface area contributed by atoms with Gasteiger partial charge in [-0.2, -0.15) is 0 Å². The third-order valence-electron chi connectivity index (χ3n) is 4.27. The number of carboxylic acid groups (broad SMARTS) is 1. The fourth-order valence-corrected chi connectivity index (χ4v) is 3.24. The van der Waals surface area contributed by atoms with Crippen molar-refractivity contribution >= 4 is 33.7 Å². The fraction of sp³-hybridized carbons (Fsp3) is 0.263. The molecule has 1 amide bonds. The van der Waals surface area contributed by atoms with Crippen LogP contribution in [0.1, 0.15) is 15.9 Å². The van der Waals surface area contributed by atoms with Crippen molar-refractivity contribution in [2.45, 2.75) is 6.61 Å². The lowest BCUT2D eigenvalue weighted by Gasteiger charge is -2.36. The lowest BCUT2D eigenvalue weighted by atomic mass is 10.1. The molecule has 1 aliphatic rings. The molecule has 26 heavy (non-hydrogen) atoms. The van der Waals surface area contributed by atoms with E-state index in [1.54, 1.807) is 23.1 Å². The van der Waals surface area contributed by atoms with E-state index in [4.69, 9.17) is 4.74 Å². The highest BCUT2D eigenvalue weighted by atomic mass is 79.9. The van der Waals surface area contributed by atoms with Gasteiger partial charge in [0, 0.05) is 30.7 Å². The predicted octanol–water partition coefficient (Wildman–Crippen LogP) is 3.61. The number of carbonyl (C=O) groups excluding carboxylic acids is 1. The molecule has 1 aliphatic heterocycles. The van der Waals surface area contributed by atoms with Crippen LogP contribution in [0.5, 0.6) is 0 Å². The minimum Gasteiger partial charge on any atom is -0.478 e. The van der Waals surface area contributed by atoms with Gasteiger partial charge in [-0.25, -0.2) is 9.59 Å². The van der Waals surface area contributed by atoms with Gasteiger partial charge in [0.1, 0.15) is 6.61 Å². The molecule has 0 bridgehead atoms. The van der Waals surface area contributed by atoms with E-state index in [1.807, 2.05) is 35.2 Å². The molecule has 0 saturated carbocycles. The summed E-state index contributed by atoms with van der Waals surface area (Å²) in [6.07, 6.45) is -0.346. The predicted molar refractivity (Wildman–Crippen MR) is 102 cm³/mol. The second-order valence-corrected chi connectivity index (χ2v) is 6.90. The molecule has 1 heterocycles. The van der Waals surface area contributed by atoms with E-state index in [-0.39, 0.29) is 18.3 Å². The zero-order valence-electron chi connectivity index (χ0n) is 14.1. The van der Waals surface area contributed by atoms with E-state index >= 15 is 0 Å². The molecule has 0 aliphatic carbocycles. The zero-order chi connectivity index (χ0) is 18.5. The highest BCUT2D eigenvalue weighted by Gasteiger charge is 2.25. The number of anilines is 1. The first kappa shape index (κ1) is 18.3. The zero-order valence-corrected chi connectivity index (χ0v) is 15.7. The Bertz CT molecular complexity index is 789. The number of piperazine rings is 1. The van der Waals surface area contributed by atoms with Gasteiger partial charge in [-0.3, -0.25) is 0 Å². The summed E-state index contributed by atoms with van der Waals surface area (Å²) in [6, 6.07) is 14.6. The summed E-state index contributed by atoms with van der Waals surface area (Å²) >= 11 is 3.39. The van der Waals surface area contributed by atoms with Gasteiger partial charge in [0.05, 0.1) is 11.3 Å². The minimum atomic E-state index is -0.961. The Hall–Kier alpha value is -2.54. The molecule has 0 spiro atoms. The molecule has 0 atom stereocenters. The van der Waals surface area contributed by atoms with Gasteiger partial charge < -0.3 is 19.6 Å². The smallest absolute Gasteiger partial charge is 0.410 e. The molecule has 0 aromatic heterocycles. The summed E-state index contributed by atoms with van der Waals surface area (Å²) in [5, 5.41) is 9.38. The first-order valence-corrected chi connectivity index (χ1v) is 9.07. The lowest BCUT2D eigenvalue weighted by Crippen LogP contribution is -2.49. The van der Waals surface area contributed by atoms with E-state index in [9.17, 15) is 14.7 Å². The highest BCUT2D eigenvalue weighted by molar-refractivity contribution is 9.10. The van der Waals surface area contributed by atoms with Crippen LogP contribution in [0.2, 0.25) is 0 Å². The first-order chi connectivity index (χ1) is 12.5. The molecular weight excluding hydrogens is 400 g/mol. The number of hydrogen-bond acceptors (Lipinski definition) is 4. The maximum atomic E-state index is 12.2. The van der Waals surface area contributed by atoms with Crippen LogP contribution in [0.25, 0.3) is 0 Å². The van der Waals surface area contributed by atoms with Crippen LogP contribution in [-0.4, -0.2) is 48.2 Å². The Labute approximate surface area is 160 Å². The third kappa shape index (κ3) is 4.35. The average molecular weight is 419 g/mol. The number of nitrogens with zero attached hydrogens (tertiary/aromatic N) is 2. The number of aromatic carboxylic acids is 1. The molecule has 0 unspecified atom stereocenters. The molecule has 0 radical (unpaired) electrons. The molecule has 1 saturated heterocycles. The molecule has 1 N–H and O–H groups in total. The molecule has 2 aromatic rings. The van der Waals surface area contributed by atoms with Gasteiger partial charge >= 0.3 is 12.1 Å². The Morgan fingerprint density at radius 2 is 1.73 bits per heavy atom. The largest absolute Gasteiger partial charge is 0.478 e. The first-order valence-electron chi connectivity index (χ1n) is 8.28.